The molecule has 5 heteroatoms. The average Bonchev–Trinajstić information content (AvgIpc) is 1.99. The van der Waals surface area contributed by atoms with E-state index in [9.17, 15) is 9.59 Å². The Kier molecular flexibility index (Phi) is 6.40. The summed E-state index contributed by atoms with van der Waals surface area (Å²) in [4.78, 5) is 22.1. The summed E-state index contributed by atoms with van der Waals surface area (Å²) >= 11 is 1.32. The second-order valence-electron chi connectivity index (χ2n) is 3.76. The molecule has 1 unspecified atom stereocenters. The van der Waals surface area contributed by atoms with Crippen LogP contribution in [0.4, 0.5) is 0 Å². The minimum atomic E-state index is -0.978. The third kappa shape index (κ3) is 7.25. The van der Waals surface area contributed by atoms with Gasteiger partial charge in [-0.15, -0.1) is 11.8 Å². The van der Waals surface area contributed by atoms with Gasteiger partial charge in [0.05, 0.1) is 12.5 Å². The molecule has 0 radical (unpaired) electrons. The van der Waals surface area contributed by atoms with E-state index in [0.717, 1.165) is 0 Å². The minimum Gasteiger partial charge on any atom is -0.481 e. The molecule has 0 aliphatic carbocycles. The molecular weight excluding hydrogens is 216 g/mol. The summed E-state index contributed by atoms with van der Waals surface area (Å²) in [5.74, 6) is -1.42. The van der Waals surface area contributed by atoms with Crippen LogP contribution in [0.15, 0.2) is 0 Å². The van der Waals surface area contributed by atoms with E-state index >= 15 is 0 Å². The van der Waals surface area contributed by atoms with E-state index in [0.29, 0.717) is 0 Å². The molecule has 0 aliphatic heterocycles. The van der Waals surface area contributed by atoms with Crippen LogP contribution in [0.5, 0.6) is 0 Å². The standard InChI is InChI=1S/C10H18O4S/c1-6(2)14-10(13)8(5-9(11)12)15-7(3)4/h6-8H,5H2,1-4H3,(H,11,12). The lowest BCUT2D eigenvalue weighted by atomic mass is 10.3. The highest BCUT2D eigenvalue weighted by atomic mass is 32.2. The fourth-order valence-corrected chi connectivity index (χ4v) is 2.04. The molecule has 88 valence electrons. The number of esters is 1. The molecule has 0 spiro atoms. The van der Waals surface area contributed by atoms with Crippen LogP contribution in [0, 0.1) is 0 Å². The van der Waals surface area contributed by atoms with Gasteiger partial charge in [-0.3, -0.25) is 9.59 Å². The zero-order chi connectivity index (χ0) is 12.0. The molecule has 0 fully saturated rings. The minimum absolute atomic E-state index is 0.186. The molecule has 0 amide bonds. The number of rotatable bonds is 6. The summed E-state index contributed by atoms with van der Waals surface area (Å²) in [6, 6.07) is 0. The highest BCUT2D eigenvalue weighted by Crippen LogP contribution is 2.22. The van der Waals surface area contributed by atoms with E-state index in [4.69, 9.17) is 9.84 Å². The van der Waals surface area contributed by atoms with Crippen LogP contribution in [-0.2, 0) is 14.3 Å². The highest BCUT2D eigenvalue weighted by molar-refractivity contribution is 8.01. The third-order valence-corrected chi connectivity index (χ3v) is 2.64. The lowest BCUT2D eigenvalue weighted by Gasteiger charge is -2.17. The number of thioether (sulfide) groups is 1. The number of carboxylic acid groups (broad SMARTS) is 1. The van der Waals surface area contributed by atoms with Crippen LogP contribution >= 0.6 is 11.8 Å². The van der Waals surface area contributed by atoms with Gasteiger partial charge in [0.2, 0.25) is 0 Å². The topological polar surface area (TPSA) is 63.6 Å². The molecule has 0 aliphatic rings. The molecule has 1 atom stereocenters. The number of carbonyl (C=O) groups is 2. The summed E-state index contributed by atoms with van der Waals surface area (Å²) in [5.41, 5.74) is 0. The predicted molar refractivity (Wildman–Crippen MR) is 60.0 cm³/mol. The number of ether oxygens (including phenoxy) is 1. The quantitative estimate of drug-likeness (QED) is 0.711. The molecule has 1 N–H and O–H groups in total. The summed E-state index contributed by atoms with van der Waals surface area (Å²) in [7, 11) is 0. The maximum atomic E-state index is 11.5. The van der Waals surface area contributed by atoms with Crippen LogP contribution in [0.2, 0.25) is 0 Å². The summed E-state index contributed by atoms with van der Waals surface area (Å²) in [6.45, 7) is 7.33. The van der Waals surface area contributed by atoms with Gasteiger partial charge in [-0.25, -0.2) is 0 Å². The van der Waals surface area contributed by atoms with Gasteiger partial charge >= 0.3 is 11.9 Å². The molecule has 0 saturated heterocycles. The average molecular weight is 234 g/mol. The molecule has 0 rings (SSSR count). The smallest absolute Gasteiger partial charge is 0.319 e. The Bertz CT molecular complexity index is 225. The number of hydrogen-bond acceptors (Lipinski definition) is 4. The SMILES string of the molecule is CC(C)OC(=O)C(CC(=O)O)SC(C)C. The molecular formula is C10H18O4S. The van der Waals surface area contributed by atoms with E-state index in [-0.39, 0.29) is 17.8 Å². The molecule has 4 nitrogen and oxygen atoms in total. The molecule has 0 aromatic heterocycles. The Morgan fingerprint density at radius 3 is 2.13 bits per heavy atom. The second kappa shape index (κ2) is 6.71. The number of carbonyl (C=O) groups excluding carboxylic acids is 1. The molecule has 0 aromatic rings. The van der Waals surface area contributed by atoms with E-state index in [1.165, 1.54) is 11.8 Å². The summed E-state index contributed by atoms with van der Waals surface area (Å²) < 4.78 is 4.99. The first kappa shape index (κ1) is 14.3. The zero-order valence-electron chi connectivity index (χ0n) is 9.52. The Balaban J connectivity index is 4.33. The van der Waals surface area contributed by atoms with E-state index in [1.807, 2.05) is 13.8 Å². The Labute approximate surface area is 94.4 Å². The van der Waals surface area contributed by atoms with Gasteiger partial charge in [0.25, 0.3) is 0 Å². The maximum Gasteiger partial charge on any atom is 0.319 e. The molecule has 0 saturated carbocycles. The van der Waals surface area contributed by atoms with Gasteiger partial charge in [0.1, 0.15) is 5.25 Å². The number of carboxylic acids is 1. The van der Waals surface area contributed by atoms with Crippen LogP contribution in [0.1, 0.15) is 34.1 Å². The van der Waals surface area contributed by atoms with E-state index in [1.54, 1.807) is 13.8 Å². The largest absolute Gasteiger partial charge is 0.481 e. The van der Waals surface area contributed by atoms with Crippen molar-refractivity contribution >= 4 is 23.7 Å². The van der Waals surface area contributed by atoms with Gasteiger partial charge in [0, 0.05) is 0 Å². The lowest BCUT2D eigenvalue weighted by Crippen LogP contribution is -2.27. The van der Waals surface area contributed by atoms with Gasteiger partial charge in [-0.05, 0) is 19.1 Å². The van der Waals surface area contributed by atoms with Gasteiger partial charge in [-0.2, -0.15) is 0 Å². The Hall–Kier alpha value is -0.710. The van der Waals surface area contributed by atoms with Crippen molar-refractivity contribution in [3.05, 3.63) is 0 Å². The fourth-order valence-electron chi connectivity index (χ4n) is 0.982. The van der Waals surface area contributed by atoms with Crippen molar-refractivity contribution in [2.75, 3.05) is 0 Å². The van der Waals surface area contributed by atoms with E-state index in [2.05, 4.69) is 0 Å². The normalized spacial score (nSPS) is 12.9. The molecule has 15 heavy (non-hydrogen) atoms. The molecule has 0 aromatic carbocycles. The van der Waals surface area contributed by atoms with Crippen LogP contribution in [-0.4, -0.2) is 33.6 Å². The van der Waals surface area contributed by atoms with Crippen LogP contribution in [0.3, 0.4) is 0 Å². The van der Waals surface area contributed by atoms with Crippen molar-refractivity contribution in [2.45, 2.75) is 50.7 Å². The summed E-state index contributed by atoms with van der Waals surface area (Å²) in [6.07, 6.45) is -0.393. The van der Waals surface area contributed by atoms with Crippen molar-refractivity contribution in [3.8, 4) is 0 Å². The third-order valence-electron chi connectivity index (χ3n) is 1.41. The predicted octanol–water partition coefficient (Wildman–Crippen LogP) is 1.92. The lowest BCUT2D eigenvalue weighted by molar-refractivity contribution is -0.149. The highest BCUT2D eigenvalue weighted by Gasteiger charge is 2.25. The van der Waals surface area contributed by atoms with Gasteiger partial charge in [0.15, 0.2) is 0 Å². The molecule has 0 heterocycles. The van der Waals surface area contributed by atoms with Crippen molar-refractivity contribution in [2.24, 2.45) is 0 Å². The first-order valence-electron chi connectivity index (χ1n) is 4.90. The van der Waals surface area contributed by atoms with Crippen molar-refractivity contribution in [3.63, 3.8) is 0 Å². The maximum absolute atomic E-state index is 11.5. The molecule has 0 bridgehead atoms. The van der Waals surface area contributed by atoms with Crippen molar-refractivity contribution in [1.82, 2.24) is 0 Å². The van der Waals surface area contributed by atoms with Crippen LogP contribution < -0.4 is 0 Å². The zero-order valence-corrected chi connectivity index (χ0v) is 10.3. The Morgan fingerprint density at radius 1 is 1.27 bits per heavy atom. The number of aliphatic carboxylic acids is 1. The van der Waals surface area contributed by atoms with Crippen molar-refractivity contribution < 1.29 is 19.4 Å². The van der Waals surface area contributed by atoms with Gasteiger partial charge < -0.3 is 9.84 Å². The van der Waals surface area contributed by atoms with E-state index < -0.39 is 17.2 Å². The Morgan fingerprint density at radius 2 is 1.80 bits per heavy atom. The van der Waals surface area contributed by atoms with Gasteiger partial charge in [-0.1, -0.05) is 13.8 Å². The van der Waals surface area contributed by atoms with Crippen molar-refractivity contribution in [1.29, 1.82) is 0 Å². The first-order valence-corrected chi connectivity index (χ1v) is 5.85. The second-order valence-corrected chi connectivity index (χ2v) is 5.54. The van der Waals surface area contributed by atoms with Crippen LogP contribution in [0.25, 0.3) is 0 Å². The monoisotopic (exact) mass is 234 g/mol. The number of hydrogen-bond donors (Lipinski definition) is 1. The fraction of sp³-hybridized carbons (Fsp3) is 0.800. The first-order chi connectivity index (χ1) is 6.82. The summed E-state index contributed by atoms with van der Waals surface area (Å²) in [5, 5.41) is 8.25.